The smallest absolute Gasteiger partial charge is 0.416 e. The Hall–Kier alpha value is -3.66. The van der Waals surface area contributed by atoms with Crippen LogP contribution in [0.25, 0.3) is 0 Å². The summed E-state index contributed by atoms with van der Waals surface area (Å²) in [6.07, 6.45) is -4.50. The Bertz CT molecular complexity index is 1090. The number of benzene rings is 2. The summed E-state index contributed by atoms with van der Waals surface area (Å²) in [6.45, 7) is 0. The average Bonchev–Trinajstić information content (AvgIpc) is 3.16. The summed E-state index contributed by atoms with van der Waals surface area (Å²) < 4.78 is 37.9. The molecule has 30 heavy (non-hydrogen) atoms. The van der Waals surface area contributed by atoms with Crippen LogP contribution in [0.2, 0.25) is 0 Å². The predicted molar refractivity (Wildman–Crippen MR) is 105 cm³/mol. The lowest BCUT2D eigenvalue weighted by Crippen LogP contribution is -2.17. The Morgan fingerprint density at radius 3 is 1.97 bits per heavy atom. The second-order valence-electron chi connectivity index (χ2n) is 6.03. The van der Waals surface area contributed by atoms with Crippen LogP contribution in [0.1, 0.15) is 36.6 Å². The molecular weight excluding hydrogens is 421 g/mol. The van der Waals surface area contributed by atoms with Crippen molar-refractivity contribution in [3.8, 4) is 0 Å². The number of carbonyl (C=O) groups excluding carboxylic acids is 2. The van der Waals surface area contributed by atoms with Crippen molar-refractivity contribution in [2.75, 3.05) is 10.6 Å². The van der Waals surface area contributed by atoms with Crippen LogP contribution in [0.4, 0.5) is 23.9 Å². The van der Waals surface area contributed by atoms with E-state index in [1.54, 1.807) is 5.38 Å². The van der Waals surface area contributed by atoms with E-state index < -0.39 is 29.5 Å². The lowest BCUT2D eigenvalue weighted by Gasteiger charge is -2.09. The minimum absolute atomic E-state index is 0.00650. The molecule has 6 nitrogen and oxygen atoms in total. The minimum Gasteiger partial charge on any atom is -0.478 e. The number of amides is 2. The Morgan fingerprint density at radius 1 is 0.800 bits per heavy atom. The zero-order valence-electron chi connectivity index (χ0n) is 15.0. The topological polar surface area (TPSA) is 95.5 Å². The fourth-order valence-corrected chi connectivity index (χ4v) is 3.24. The van der Waals surface area contributed by atoms with Crippen molar-refractivity contribution in [2.45, 2.75) is 6.18 Å². The van der Waals surface area contributed by atoms with Gasteiger partial charge in [0.05, 0.1) is 16.7 Å². The van der Waals surface area contributed by atoms with Gasteiger partial charge in [0, 0.05) is 11.3 Å². The van der Waals surface area contributed by atoms with E-state index >= 15 is 0 Å². The van der Waals surface area contributed by atoms with Gasteiger partial charge < -0.3 is 15.7 Å². The Balaban J connectivity index is 1.70. The third kappa shape index (κ3) is 4.84. The van der Waals surface area contributed by atoms with Crippen LogP contribution in [0, 0.1) is 0 Å². The van der Waals surface area contributed by atoms with Gasteiger partial charge in [-0.3, -0.25) is 9.59 Å². The van der Waals surface area contributed by atoms with Crippen LogP contribution < -0.4 is 10.6 Å². The second-order valence-corrected chi connectivity index (χ2v) is 6.95. The summed E-state index contributed by atoms with van der Waals surface area (Å²) in [6, 6.07) is 10.7. The second kappa shape index (κ2) is 8.37. The van der Waals surface area contributed by atoms with Crippen molar-refractivity contribution >= 4 is 39.8 Å². The number of anilines is 2. The summed E-state index contributed by atoms with van der Waals surface area (Å²) in [5.41, 5.74) is -0.289. The van der Waals surface area contributed by atoms with E-state index in [0.29, 0.717) is 5.69 Å². The highest BCUT2D eigenvalue weighted by Gasteiger charge is 2.30. The fraction of sp³-hybridized carbons (Fsp3) is 0.0500. The van der Waals surface area contributed by atoms with Gasteiger partial charge in [-0.25, -0.2) is 4.79 Å². The fourth-order valence-electron chi connectivity index (χ4n) is 2.47. The van der Waals surface area contributed by atoms with Gasteiger partial charge in [-0.1, -0.05) is 0 Å². The van der Waals surface area contributed by atoms with Crippen LogP contribution in [-0.2, 0) is 6.18 Å². The van der Waals surface area contributed by atoms with Gasteiger partial charge in [-0.15, -0.1) is 11.3 Å². The molecule has 2 aromatic carbocycles. The van der Waals surface area contributed by atoms with Crippen molar-refractivity contribution in [3.63, 3.8) is 0 Å². The molecule has 0 unspecified atom stereocenters. The summed E-state index contributed by atoms with van der Waals surface area (Å²) in [7, 11) is 0. The van der Waals surface area contributed by atoms with Gasteiger partial charge in [0.1, 0.15) is 5.00 Å². The maximum absolute atomic E-state index is 12.6. The molecule has 0 bridgehead atoms. The normalized spacial score (nSPS) is 11.0. The molecule has 0 atom stereocenters. The predicted octanol–water partition coefficient (Wildman–Crippen LogP) is 4.97. The lowest BCUT2D eigenvalue weighted by molar-refractivity contribution is -0.137. The van der Waals surface area contributed by atoms with Crippen LogP contribution in [0.5, 0.6) is 0 Å². The first-order chi connectivity index (χ1) is 14.1. The van der Waals surface area contributed by atoms with E-state index in [1.165, 1.54) is 30.3 Å². The molecule has 3 aromatic rings. The lowest BCUT2D eigenvalue weighted by atomic mass is 10.1. The van der Waals surface area contributed by atoms with Crippen molar-refractivity contribution in [2.24, 2.45) is 0 Å². The molecule has 0 aliphatic heterocycles. The number of carboxylic acid groups (broad SMARTS) is 1. The van der Waals surface area contributed by atoms with E-state index in [4.69, 9.17) is 5.11 Å². The van der Waals surface area contributed by atoms with Crippen molar-refractivity contribution in [3.05, 3.63) is 82.2 Å². The Labute approximate surface area is 172 Å². The van der Waals surface area contributed by atoms with Crippen molar-refractivity contribution in [1.29, 1.82) is 0 Å². The molecule has 0 fully saturated rings. The van der Waals surface area contributed by atoms with Crippen molar-refractivity contribution < 1.29 is 32.7 Å². The number of hydrogen-bond donors (Lipinski definition) is 3. The molecule has 3 N–H and O–H groups in total. The number of halogens is 3. The first-order valence-corrected chi connectivity index (χ1v) is 9.24. The molecule has 0 spiro atoms. The molecule has 0 saturated carbocycles. The van der Waals surface area contributed by atoms with Crippen molar-refractivity contribution in [1.82, 2.24) is 0 Å². The Morgan fingerprint density at radius 2 is 1.40 bits per heavy atom. The third-order valence-corrected chi connectivity index (χ3v) is 4.83. The monoisotopic (exact) mass is 434 g/mol. The number of rotatable bonds is 5. The first kappa shape index (κ1) is 21.1. The highest BCUT2D eigenvalue weighted by atomic mass is 32.1. The number of hydrogen-bond acceptors (Lipinski definition) is 4. The number of aromatic carboxylic acids is 1. The van der Waals surface area contributed by atoms with E-state index in [1.807, 2.05) is 0 Å². The zero-order valence-corrected chi connectivity index (χ0v) is 15.8. The average molecular weight is 434 g/mol. The van der Waals surface area contributed by atoms with Crippen LogP contribution in [0.3, 0.4) is 0 Å². The molecule has 3 rings (SSSR count). The highest BCUT2D eigenvalue weighted by Crippen LogP contribution is 2.30. The molecule has 0 aliphatic carbocycles. The van der Waals surface area contributed by atoms with Crippen LogP contribution in [-0.4, -0.2) is 22.9 Å². The Kier molecular flexibility index (Phi) is 5.88. The summed E-state index contributed by atoms with van der Waals surface area (Å²) in [5.74, 6) is -2.30. The number of thiophene rings is 1. The van der Waals surface area contributed by atoms with Gasteiger partial charge in [0.2, 0.25) is 0 Å². The third-order valence-electron chi connectivity index (χ3n) is 4.00. The maximum atomic E-state index is 12.6. The number of carbonyl (C=O) groups is 3. The SMILES string of the molecule is O=C(O)c1ccc(NC(=O)c2ccsc2NC(=O)c2ccc(C(F)(F)F)cc2)cc1. The number of nitrogens with one attached hydrogen (secondary N) is 2. The quantitative estimate of drug-likeness (QED) is 0.528. The van der Waals surface area contributed by atoms with Gasteiger partial charge in [0.25, 0.3) is 11.8 Å². The largest absolute Gasteiger partial charge is 0.478 e. The summed E-state index contributed by atoms with van der Waals surface area (Å²) in [5, 5.41) is 15.8. The van der Waals surface area contributed by atoms with Gasteiger partial charge in [-0.05, 0) is 60.0 Å². The number of carboxylic acids is 1. The molecule has 0 radical (unpaired) electrons. The minimum atomic E-state index is -4.50. The number of alkyl halides is 3. The molecular formula is C20H13F3N2O4S. The first-order valence-electron chi connectivity index (χ1n) is 8.36. The van der Waals surface area contributed by atoms with Gasteiger partial charge in [0.15, 0.2) is 0 Å². The van der Waals surface area contributed by atoms with Gasteiger partial charge >= 0.3 is 12.1 Å². The molecule has 0 aliphatic rings. The van der Waals surface area contributed by atoms with E-state index in [-0.39, 0.29) is 21.7 Å². The van der Waals surface area contributed by atoms with E-state index in [0.717, 1.165) is 35.6 Å². The van der Waals surface area contributed by atoms with Crippen LogP contribution >= 0.6 is 11.3 Å². The summed E-state index contributed by atoms with van der Waals surface area (Å²) in [4.78, 5) is 35.7. The molecule has 2 amide bonds. The summed E-state index contributed by atoms with van der Waals surface area (Å²) >= 11 is 1.07. The molecule has 1 aromatic heterocycles. The molecule has 0 saturated heterocycles. The van der Waals surface area contributed by atoms with E-state index in [2.05, 4.69) is 10.6 Å². The standard InChI is InChI=1S/C20H13F3N2O4S/c21-20(22,23)13-5-1-11(2-6-13)16(26)25-18-15(9-10-30-18)17(27)24-14-7-3-12(4-8-14)19(28)29/h1-10H,(H,24,27)(H,25,26)(H,28,29). The highest BCUT2D eigenvalue weighted by molar-refractivity contribution is 7.14. The molecule has 154 valence electrons. The molecule has 10 heteroatoms. The van der Waals surface area contributed by atoms with E-state index in [9.17, 15) is 27.6 Å². The van der Waals surface area contributed by atoms with Gasteiger partial charge in [-0.2, -0.15) is 13.2 Å². The molecule has 1 heterocycles. The zero-order chi connectivity index (χ0) is 21.9. The maximum Gasteiger partial charge on any atom is 0.416 e. The van der Waals surface area contributed by atoms with Crippen LogP contribution in [0.15, 0.2) is 60.0 Å².